The van der Waals surface area contributed by atoms with Gasteiger partial charge in [0.05, 0.1) is 0 Å². The molecule has 0 fully saturated rings. The molecule has 1 unspecified atom stereocenters. The van der Waals surface area contributed by atoms with E-state index in [0.29, 0.717) is 5.84 Å². The molecular formula is C6H10N4O2. The van der Waals surface area contributed by atoms with Crippen LogP contribution in [0.4, 0.5) is 0 Å². The van der Waals surface area contributed by atoms with Crippen LogP contribution in [0, 0.1) is 0 Å². The van der Waals surface area contributed by atoms with Crippen molar-refractivity contribution in [1.82, 2.24) is 4.90 Å². The van der Waals surface area contributed by atoms with Crippen molar-refractivity contribution >= 4 is 17.5 Å². The third kappa shape index (κ3) is 1.28. The van der Waals surface area contributed by atoms with Gasteiger partial charge in [0.25, 0.3) is 5.91 Å². The fourth-order valence-corrected chi connectivity index (χ4v) is 0.785. The van der Waals surface area contributed by atoms with Gasteiger partial charge >= 0.3 is 0 Å². The summed E-state index contributed by atoms with van der Waals surface area (Å²) >= 11 is 0. The fraction of sp³-hybridized carbons (Fsp3) is 0.500. The summed E-state index contributed by atoms with van der Waals surface area (Å²) in [5, 5.41) is 16.5. The van der Waals surface area contributed by atoms with Crippen molar-refractivity contribution < 1.29 is 9.90 Å². The first-order chi connectivity index (χ1) is 5.54. The van der Waals surface area contributed by atoms with Crippen LogP contribution in [0.1, 0.15) is 6.92 Å². The Balaban J connectivity index is 2.97. The fourth-order valence-electron chi connectivity index (χ4n) is 0.785. The maximum absolute atomic E-state index is 10.7. The highest BCUT2D eigenvalue weighted by Gasteiger charge is 2.26. The van der Waals surface area contributed by atoms with Crippen molar-refractivity contribution in [3.05, 3.63) is 0 Å². The van der Waals surface area contributed by atoms with Crippen LogP contribution in [-0.2, 0) is 4.79 Å². The van der Waals surface area contributed by atoms with Gasteiger partial charge in [0.15, 0.2) is 11.9 Å². The maximum Gasteiger partial charge on any atom is 0.269 e. The molecule has 0 radical (unpaired) electrons. The van der Waals surface area contributed by atoms with E-state index in [-0.39, 0.29) is 5.71 Å². The van der Waals surface area contributed by atoms with E-state index >= 15 is 0 Å². The number of carbonyl (C=O) groups excluding carboxylic acids is 1. The lowest BCUT2D eigenvalue weighted by molar-refractivity contribution is -0.112. The molecule has 0 spiro atoms. The minimum Gasteiger partial charge on any atom is -0.368 e. The molecule has 6 heteroatoms. The predicted octanol–water partition coefficient (Wildman–Crippen LogP) is -1.49. The van der Waals surface area contributed by atoms with E-state index in [0.717, 1.165) is 0 Å². The zero-order valence-corrected chi connectivity index (χ0v) is 6.85. The molecule has 1 aliphatic rings. The van der Waals surface area contributed by atoms with E-state index in [1.54, 1.807) is 14.0 Å². The van der Waals surface area contributed by atoms with Crippen molar-refractivity contribution in [3.63, 3.8) is 0 Å². The molecule has 0 saturated carbocycles. The highest BCUT2D eigenvalue weighted by atomic mass is 16.3. The second-order valence-corrected chi connectivity index (χ2v) is 2.48. The van der Waals surface area contributed by atoms with E-state index < -0.39 is 12.1 Å². The lowest BCUT2D eigenvalue weighted by atomic mass is 10.3. The largest absolute Gasteiger partial charge is 0.368 e. The summed E-state index contributed by atoms with van der Waals surface area (Å²) in [5.41, 5.74) is 4.80. The molecule has 12 heavy (non-hydrogen) atoms. The van der Waals surface area contributed by atoms with Crippen molar-refractivity contribution in [2.24, 2.45) is 15.9 Å². The van der Waals surface area contributed by atoms with Gasteiger partial charge in [0.1, 0.15) is 5.84 Å². The Morgan fingerprint density at radius 1 is 1.67 bits per heavy atom. The molecule has 0 aromatic carbocycles. The summed E-state index contributed by atoms with van der Waals surface area (Å²) < 4.78 is 0. The van der Waals surface area contributed by atoms with Crippen LogP contribution < -0.4 is 5.73 Å². The van der Waals surface area contributed by atoms with Crippen LogP contribution >= 0.6 is 0 Å². The first kappa shape index (κ1) is 8.66. The lowest BCUT2D eigenvalue weighted by Crippen LogP contribution is -2.48. The average molecular weight is 170 g/mol. The number of hydrogen-bond acceptors (Lipinski definition) is 5. The molecule has 3 N–H and O–H groups in total. The van der Waals surface area contributed by atoms with E-state index in [9.17, 15) is 9.90 Å². The van der Waals surface area contributed by atoms with Gasteiger partial charge in [-0.3, -0.25) is 4.79 Å². The van der Waals surface area contributed by atoms with Gasteiger partial charge in [-0.15, -0.1) is 10.2 Å². The van der Waals surface area contributed by atoms with E-state index in [1.165, 1.54) is 4.90 Å². The zero-order chi connectivity index (χ0) is 9.30. The molecule has 0 saturated heterocycles. The number of aliphatic hydroxyl groups excluding tert-OH is 1. The number of carbonyl (C=O) groups is 1. The Morgan fingerprint density at radius 3 is 2.75 bits per heavy atom. The quantitative estimate of drug-likeness (QED) is 0.502. The number of amides is 1. The summed E-state index contributed by atoms with van der Waals surface area (Å²) in [5.74, 6) is -0.224. The van der Waals surface area contributed by atoms with Gasteiger partial charge in [0, 0.05) is 7.05 Å². The molecule has 0 aromatic heterocycles. The average Bonchev–Trinajstić information content (AvgIpc) is 2.00. The Labute approximate surface area is 69.4 Å². The first-order valence-electron chi connectivity index (χ1n) is 3.37. The summed E-state index contributed by atoms with van der Waals surface area (Å²) in [6.45, 7) is 1.67. The molecule has 66 valence electrons. The topological polar surface area (TPSA) is 91.3 Å². The first-order valence-corrected chi connectivity index (χ1v) is 3.37. The molecule has 1 heterocycles. The van der Waals surface area contributed by atoms with Gasteiger partial charge in [0.2, 0.25) is 0 Å². The normalized spacial score (nSPS) is 23.2. The number of amidine groups is 1. The lowest BCUT2D eigenvalue weighted by Gasteiger charge is -2.26. The number of nitrogens with two attached hydrogens (primary N) is 1. The minimum absolute atomic E-state index is 0.136. The van der Waals surface area contributed by atoms with Crippen molar-refractivity contribution in [2.75, 3.05) is 7.05 Å². The van der Waals surface area contributed by atoms with E-state index in [4.69, 9.17) is 5.73 Å². The molecule has 6 nitrogen and oxygen atoms in total. The van der Waals surface area contributed by atoms with Crippen LogP contribution in [-0.4, -0.2) is 40.7 Å². The molecule has 0 aromatic rings. The Bertz CT molecular complexity index is 271. The zero-order valence-electron chi connectivity index (χ0n) is 6.85. The molecule has 0 aliphatic carbocycles. The molecule has 1 atom stereocenters. The third-order valence-electron chi connectivity index (χ3n) is 1.68. The predicted molar refractivity (Wildman–Crippen MR) is 43.5 cm³/mol. The van der Waals surface area contributed by atoms with Crippen LogP contribution in [0.25, 0.3) is 0 Å². The highest BCUT2D eigenvalue weighted by molar-refractivity contribution is 6.40. The van der Waals surface area contributed by atoms with Gasteiger partial charge in [-0.05, 0) is 6.92 Å². The second kappa shape index (κ2) is 2.90. The third-order valence-corrected chi connectivity index (χ3v) is 1.68. The van der Waals surface area contributed by atoms with Gasteiger partial charge in [-0.1, -0.05) is 0 Å². The number of nitrogens with zero attached hydrogens (tertiary/aromatic N) is 3. The Morgan fingerprint density at radius 2 is 2.25 bits per heavy atom. The Kier molecular flexibility index (Phi) is 2.09. The van der Waals surface area contributed by atoms with Gasteiger partial charge in [-0.2, -0.15) is 0 Å². The van der Waals surface area contributed by atoms with Crippen molar-refractivity contribution in [3.8, 4) is 0 Å². The monoisotopic (exact) mass is 170 g/mol. The van der Waals surface area contributed by atoms with Crippen LogP contribution in [0.15, 0.2) is 10.2 Å². The number of rotatable bonds is 1. The summed E-state index contributed by atoms with van der Waals surface area (Å²) in [6.07, 6.45) is -1.08. The number of aliphatic hydroxyl groups is 1. The second-order valence-electron chi connectivity index (χ2n) is 2.48. The molecule has 1 aliphatic heterocycles. The van der Waals surface area contributed by atoms with Gasteiger partial charge in [-0.25, -0.2) is 0 Å². The van der Waals surface area contributed by atoms with Crippen LogP contribution in [0.5, 0.6) is 0 Å². The van der Waals surface area contributed by atoms with Gasteiger partial charge < -0.3 is 15.7 Å². The number of hydrogen-bond donors (Lipinski definition) is 2. The van der Waals surface area contributed by atoms with Crippen molar-refractivity contribution in [1.29, 1.82) is 0 Å². The molecule has 1 amide bonds. The summed E-state index contributed by atoms with van der Waals surface area (Å²) in [7, 11) is 1.60. The minimum atomic E-state index is -1.08. The molecule has 0 bridgehead atoms. The maximum atomic E-state index is 10.7. The van der Waals surface area contributed by atoms with E-state index in [2.05, 4.69) is 10.2 Å². The van der Waals surface area contributed by atoms with Crippen LogP contribution in [0.2, 0.25) is 0 Å². The van der Waals surface area contributed by atoms with Crippen molar-refractivity contribution in [2.45, 2.75) is 13.2 Å². The molecule has 1 rings (SSSR count). The SMILES string of the molecule is CC1=NN=C(C(N)=O)C(O)N1C. The van der Waals surface area contributed by atoms with E-state index in [1.807, 2.05) is 0 Å². The smallest absolute Gasteiger partial charge is 0.269 e. The summed E-state index contributed by atoms with van der Waals surface area (Å²) in [4.78, 5) is 12.1. The van der Waals surface area contributed by atoms with Crippen LogP contribution in [0.3, 0.4) is 0 Å². The highest BCUT2D eigenvalue weighted by Crippen LogP contribution is 2.04. The molecular weight excluding hydrogens is 160 g/mol. The summed E-state index contributed by atoms with van der Waals surface area (Å²) in [6, 6.07) is 0. The number of primary amides is 1. The Hall–Kier alpha value is -1.43. The standard InChI is InChI=1S/C6H10N4O2/c1-3-8-9-4(5(7)11)6(12)10(3)2/h6,12H,1-2H3,(H2,7,11).